The molecule has 0 unspecified atom stereocenters. The molecule has 260 valence electrons. The Bertz CT molecular complexity index is 1160. The Morgan fingerprint density at radius 2 is 1.52 bits per heavy atom. The van der Waals surface area contributed by atoms with E-state index in [0.717, 1.165) is 65.5 Å². The van der Waals surface area contributed by atoms with Gasteiger partial charge in [-0.25, -0.2) is 0 Å². The molecule has 46 heavy (non-hydrogen) atoms. The van der Waals surface area contributed by atoms with E-state index in [1.165, 1.54) is 38.5 Å². The molecule has 0 amide bonds. The zero-order valence-corrected chi connectivity index (χ0v) is 30.0. The monoisotopic (exact) mass is 643 g/mol. The number of ether oxygens (including phenoxy) is 4. The number of hydrogen-bond acceptors (Lipinski definition) is 7. The first-order chi connectivity index (χ1) is 21.9. The Morgan fingerprint density at radius 3 is 2.20 bits per heavy atom. The number of azide groups is 1. The molecule has 1 aliphatic rings. The van der Waals surface area contributed by atoms with E-state index >= 15 is 0 Å². The van der Waals surface area contributed by atoms with Gasteiger partial charge in [-0.05, 0) is 93.4 Å². The molecule has 1 aliphatic heterocycles. The van der Waals surface area contributed by atoms with Gasteiger partial charge in [0.05, 0.1) is 26.1 Å². The van der Waals surface area contributed by atoms with Gasteiger partial charge in [-0.2, -0.15) is 0 Å². The molecule has 1 aromatic rings. The van der Waals surface area contributed by atoms with Crippen LogP contribution in [0.1, 0.15) is 134 Å². The fraction of sp³-hybridized carbons (Fsp3) is 0.784. The van der Waals surface area contributed by atoms with Crippen molar-refractivity contribution in [1.82, 2.24) is 0 Å². The Labute approximate surface area is 278 Å². The van der Waals surface area contributed by atoms with Gasteiger partial charge in [-0.3, -0.25) is 9.59 Å². The molecule has 0 radical (unpaired) electrons. The van der Waals surface area contributed by atoms with E-state index in [9.17, 15) is 9.59 Å². The highest BCUT2D eigenvalue weighted by atomic mass is 16.5. The van der Waals surface area contributed by atoms with Crippen LogP contribution in [0.25, 0.3) is 10.4 Å². The van der Waals surface area contributed by atoms with Crippen molar-refractivity contribution < 1.29 is 28.5 Å². The molecule has 1 aromatic carbocycles. The van der Waals surface area contributed by atoms with Crippen molar-refractivity contribution in [3.8, 4) is 11.5 Å². The Morgan fingerprint density at radius 1 is 0.870 bits per heavy atom. The van der Waals surface area contributed by atoms with E-state index in [1.54, 1.807) is 0 Å². The van der Waals surface area contributed by atoms with Crippen molar-refractivity contribution in [1.29, 1.82) is 0 Å². The summed E-state index contributed by atoms with van der Waals surface area (Å²) in [6.45, 7) is 18.9. The van der Waals surface area contributed by atoms with E-state index < -0.39 is 11.9 Å². The Kier molecular flexibility index (Phi) is 17.5. The van der Waals surface area contributed by atoms with Gasteiger partial charge in [0, 0.05) is 30.0 Å². The summed E-state index contributed by atoms with van der Waals surface area (Å²) < 4.78 is 23.0. The number of carbonyl (C=O) groups is 2. The van der Waals surface area contributed by atoms with Crippen LogP contribution >= 0.6 is 0 Å². The smallest absolute Gasteiger partial charge is 0.311 e. The van der Waals surface area contributed by atoms with Crippen molar-refractivity contribution in [3.05, 3.63) is 32.7 Å². The van der Waals surface area contributed by atoms with Crippen LogP contribution in [0.3, 0.4) is 0 Å². The summed E-state index contributed by atoms with van der Waals surface area (Å²) in [6.07, 6.45) is 12.4. The minimum absolute atomic E-state index is 0.0458. The quantitative estimate of drug-likeness (QED) is 0.0310. The van der Waals surface area contributed by atoms with Gasteiger partial charge in [0.2, 0.25) is 0 Å². The minimum Gasteiger partial charge on any atom is -0.487 e. The third kappa shape index (κ3) is 13.9. The molecule has 1 heterocycles. The fourth-order valence-corrected chi connectivity index (χ4v) is 6.18. The Hall–Kier alpha value is -2.77. The molecule has 0 N–H and O–H groups in total. The van der Waals surface area contributed by atoms with E-state index in [1.807, 2.05) is 20.8 Å². The van der Waals surface area contributed by atoms with Gasteiger partial charge in [-0.1, -0.05) is 71.3 Å². The summed E-state index contributed by atoms with van der Waals surface area (Å²) in [5, 5.41) is 3.38. The second kappa shape index (κ2) is 20.5. The number of esters is 2. The van der Waals surface area contributed by atoms with Crippen LogP contribution in [0.15, 0.2) is 5.11 Å². The molecule has 3 atom stereocenters. The maximum atomic E-state index is 12.7. The van der Waals surface area contributed by atoms with Crippen molar-refractivity contribution in [3.63, 3.8) is 0 Å². The van der Waals surface area contributed by atoms with Crippen LogP contribution in [0.5, 0.6) is 11.5 Å². The SMILES string of the molecule is Cc1c(C)c2c(c(C)c1OC(=O)CCC(=O)OCCCOCCN=[N+]=[N-])CC[C@@](C)(CC[C@H](C)CCC[C@H](C)CCCC(C)C)O2. The number of fused-ring (bicyclic) bond motifs is 1. The highest BCUT2D eigenvalue weighted by Gasteiger charge is 2.35. The van der Waals surface area contributed by atoms with Crippen molar-refractivity contribution in [2.45, 2.75) is 144 Å². The van der Waals surface area contributed by atoms with E-state index in [0.29, 0.717) is 31.3 Å². The average molecular weight is 644 g/mol. The zero-order chi connectivity index (χ0) is 34.1. The third-order valence-corrected chi connectivity index (χ3v) is 9.45. The molecule has 2 rings (SSSR count). The summed E-state index contributed by atoms with van der Waals surface area (Å²) in [5.41, 5.74) is 12.0. The molecule has 0 saturated carbocycles. The largest absolute Gasteiger partial charge is 0.487 e. The van der Waals surface area contributed by atoms with Gasteiger partial charge in [0.25, 0.3) is 0 Å². The van der Waals surface area contributed by atoms with E-state index in [-0.39, 0.29) is 31.6 Å². The number of carbonyl (C=O) groups excluding carboxylic acids is 2. The summed E-state index contributed by atoms with van der Waals surface area (Å²) in [4.78, 5) is 27.5. The molecule has 0 spiro atoms. The number of rotatable bonds is 22. The second-order valence-corrected chi connectivity index (χ2v) is 14.2. The standard InChI is InChI=1S/C37H61N3O6/c1-26(2)12-9-13-27(3)14-10-15-28(4)18-20-37(8)21-19-32-31(7)35(29(5)30(6)36(32)46-37)45-34(42)17-16-33(41)44-24-11-23-43-25-22-39-40-38/h26-28H,9-25H2,1-8H3/t27-,28-,37-/m1/s1. The molecule has 0 bridgehead atoms. The lowest BCUT2D eigenvalue weighted by Crippen LogP contribution is -2.37. The maximum absolute atomic E-state index is 12.7. The predicted octanol–water partition coefficient (Wildman–Crippen LogP) is 9.69. The van der Waals surface area contributed by atoms with Crippen LogP contribution in [0, 0.1) is 38.5 Å². The molecule has 0 aliphatic carbocycles. The van der Waals surface area contributed by atoms with Gasteiger partial charge in [0.1, 0.15) is 17.1 Å². The lowest BCUT2D eigenvalue weighted by molar-refractivity contribution is -0.147. The lowest BCUT2D eigenvalue weighted by Gasteiger charge is -2.39. The second-order valence-electron chi connectivity index (χ2n) is 14.2. The number of benzene rings is 1. The summed E-state index contributed by atoms with van der Waals surface area (Å²) in [5.74, 6) is 2.93. The normalized spacial score (nSPS) is 17.1. The van der Waals surface area contributed by atoms with Crippen LogP contribution in [0.2, 0.25) is 0 Å². The van der Waals surface area contributed by atoms with Crippen molar-refractivity contribution in [2.24, 2.45) is 22.9 Å². The highest BCUT2D eigenvalue weighted by Crippen LogP contribution is 2.45. The average Bonchev–Trinajstić information content (AvgIpc) is 3.01. The van der Waals surface area contributed by atoms with Gasteiger partial charge < -0.3 is 18.9 Å². The minimum atomic E-state index is -0.454. The zero-order valence-electron chi connectivity index (χ0n) is 30.0. The fourth-order valence-electron chi connectivity index (χ4n) is 6.18. The molecular weight excluding hydrogens is 582 g/mol. The molecule has 0 fully saturated rings. The number of nitrogens with zero attached hydrogens (tertiary/aromatic N) is 3. The highest BCUT2D eigenvalue weighted by molar-refractivity contribution is 5.80. The third-order valence-electron chi connectivity index (χ3n) is 9.45. The van der Waals surface area contributed by atoms with Crippen LogP contribution in [-0.4, -0.2) is 43.9 Å². The van der Waals surface area contributed by atoms with E-state index in [4.69, 9.17) is 24.5 Å². The molecule has 9 heteroatoms. The summed E-state index contributed by atoms with van der Waals surface area (Å²) in [7, 11) is 0. The molecular formula is C37H61N3O6. The maximum Gasteiger partial charge on any atom is 0.311 e. The summed E-state index contributed by atoms with van der Waals surface area (Å²) in [6, 6.07) is 0. The van der Waals surface area contributed by atoms with Crippen LogP contribution in [0.4, 0.5) is 0 Å². The molecule has 9 nitrogen and oxygen atoms in total. The first kappa shape index (κ1) is 39.4. The summed E-state index contributed by atoms with van der Waals surface area (Å²) >= 11 is 0. The van der Waals surface area contributed by atoms with Gasteiger partial charge in [-0.15, -0.1) is 0 Å². The topological polar surface area (TPSA) is 120 Å². The molecule has 0 saturated heterocycles. The van der Waals surface area contributed by atoms with Gasteiger partial charge >= 0.3 is 11.9 Å². The predicted molar refractivity (Wildman–Crippen MR) is 183 cm³/mol. The number of hydrogen-bond donors (Lipinski definition) is 0. The van der Waals surface area contributed by atoms with Crippen LogP contribution in [-0.2, 0) is 25.5 Å². The van der Waals surface area contributed by atoms with Crippen molar-refractivity contribution in [2.75, 3.05) is 26.4 Å². The van der Waals surface area contributed by atoms with Crippen LogP contribution < -0.4 is 9.47 Å². The first-order valence-corrected chi connectivity index (χ1v) is 17.6. The van der Waals surface area contributed by atoms with Crippen molar-refractivity contribution >= 4 is 11.9 Å². The lowest BCUT2D eigenvalue weighted by atomic mass is 9.83. The van der Waals surface area contributed by atoms with Gasteiger partial charge in [0.15, 0.2) is 0 Å². The first-order valence-electron chi connectivity index (χ1n) is 17.6. The Balaban J connectivity index is 1.82. The van der Waals surface area contributed by atoms with E-state index in [2.05, 4.69) is 44.6 Å². The molecule has 0 aromatic heterocycles.